The molecule has 1 fully saturated rings. The summed E-state index contributed by atoms with van der Waals surface area (Å²) in [5.74, 6) is 0.0597. The van der Waals surface area contributed by atoms with Gasteiger partial charge in [-0.05, 0) is 48.6 Å². The van der Waals surface area contributed by atoms with Gasteiger partial charge in [0, 0.05) is 13.1 Å². The minimum absolute atomic E-state index is 0.311. The van der Waals surface area contributed by atoms with Crippen molar-refractivity contribution in [3.8, 4) is 5.69 Å². The molecule has 1 saturated carbocycles. The van der Waals surface area contributed by atoms with E-state index < -0.39 is 0 Å². The molecular formula is C22H19FN4O2. The first kappa shape index (κ1) is 17.6. The summed E-state index contributed by atoms with van der Waals surface area (Å²) in [4.78, 5) is 30.9. The highest BCUT2D eigenvalue weighted by atomic mass is 19.1. The van der Waals surface area contributed by atoms with Crippen molar-refractivity contribution in [2.24, 2.45) is 5.92 Å². The Morgan fingerprint density at radius 1 is 1.00 bits per heavy atom. The molecule has 2 aromatic heterocycles. The maximum Gasteiger partial charge on any atom is 0.337 e. The van der Waals surface area contributed by atoms with Crippen molar-refractivity contribution in [2.45, 2.75) is 25.9 Å². The number of aromatic nitrogens is 4. The van der Waals surface area contributed by atoms with E-state index in [1.165, 1.54) is 21.3 Å². The molecule has 1 aliphatic carbocycles. The van der Waals surface area contributed by atoms with Gasteiger partial charge in [0.15, 0.2) is 11.2 Å². The Morgan fingerprint density at radius 3 is 2.41 bits per heavy atom. The zero-order chi connectivity index (χ0) is 20.0. The van der Waals surface area contributed by atoms with E-state index >= 15 is 0 Å². The molecule has 0 unspecified atom stereocenters. The first-order valence-corrected chi connectivity index (χ1v) is 9.62. The lowest BCUT2D eigenvalue weighted by molar-refractivity contribution is 0.567. The van der Waals surface area contributed by atoms with Gasteiger partial charge < -0.3 is 4.57 Å². The highest BCUT2D eigenvalue weighted by molar-refractivity contribution is 5.72. The summed E-state index contributed by atoms with van der Waals surface area (Å²) in [5.41, 5.74) is 1.52. The van der Waals surface area contributed by atoms with Crippen molar-refractivity contribution in [1.29, 1.82) is 0 Å². The smallest absolute Gasteiger partial charge is 0.320 e. The summed E-state index contributed by atoms with van der Waals surface area (Å²) < 4.78 is 17.8. The van der Waals surface area contributed by atoms with Gasteiger partial charge in [0.25, 0.3) is 5.56 Å². The lowest BCUT2D eigenvalue weighted by Crippen LogP contribution is -2.40. The van der Waals surface area contributed by atoms with E-state index in [9.17, 15) is 14.0 Å². The first-order chi connectivity index (χ1) is 14.1. The van der Waals surface area contributed by atoms with Gasteiger partial charge in [-0.15, -0.1) is 0 Å². The van der Waals surface area contributed by atoms with E-state index in [-0.39, 0.29) is 17.1 Å². The predicted octanol–water partition coefficient (Wildman–Crippen LogP) is 2.95. The molecule has 7 heteroatoms. The van der Waals surface area contributed by atoms with Crippen LogP contribution in [0, 0.1) is 11.7 Å². The highest BCUT2D eigenvalue weighted by Crippen LogP contribution is 2.29. The maximum atomic E-state index is 13.3. The molecule has 0 amide bonds. The molecule has 2 heterocycles. The van der Waals surface area contributed by atoms with Crippen LogP contribution in [0.2, 0.25) is 0 Å². The Kier molecular flexibility index (Phi) is 4.16. The molecule has 0 aliphatic heterocycles. The molecule has 5 rings (SSSR count). The minimum Gasteiger partial charge on any atom is -0.320 e. The van der Waals surface area contributed by atoms with Crippen molar-refractivity contribution in [1.82, 2.24) is 18.7 Å². The average Bonchev–Trinajstić information content (AvgIpc) is 3.47. The van der Waals surface area contributed by atoms with Gasteiger partial charge in [0.1, 0.15) is 5.82 Å². The molecule has 2 aromatic carbocycles. The third-order valence-electron chi connectivity index (χ3n) is 5.32. The third-order valence-corrected chi connectivity index (χ3v) is 5.32. The van der Waals surface area contributed by atoms with E-state index in [2.05, 4.69) is 4.98 Å². The Morgan fingerprint density at radius 2 is 1.72 bits per heavy atom. The van der Waals surface area contributed by atoms with Crippen LogP contribution in [0.4, 0.5) is 4.39 Å². The molecule has 0 spiro atoms. The highest BCUT2D eigenvalue weighted by Gasteiger charge is 2.26. The summed E-state index contributed by atoms with van der Waals surface area (Å²) in [6.07, 6.45) is 3.63. The van der Waals surface area contributed by atoms with Crippen molar-refractivity contribution < 1.29 is 4.39 Å². The topological polar surface area (TPSA) is 61.8 Å². The number of para-hydroxylation sites is 1. The van der Waals surface area contributed by atoms with E-state index in [1.54, 1.807) is 23.0 Å². The molecule has 29 heavy (non-hydrogen) atoms. The second kappa shape index (κ2) is 6.84. The number of benzene rings is 2. The van der Waals surface area contributed by atoms with Crippen LogP contribution >= 0.6 is 0 Å². The lowest BCUT2D eigenvalue weighted by Gasteiger charge is -2.12. The fourth-order valence-corrected chi connectivity index (χ4v) is 3.62. The number of halogens is 1. The number of imidazole rings is 1. The first-order valence-electron chi connectivity index (χ1n) is 9.62. The Balaban J connectivity index is 1.73. The number of fused-ring (bicyclic) bond motifs is 1. The maximum absolute atomic E-state index is 13.3. The third kappa shape index (κ3) is 3.18. The Hall–Kier alpha value is -3.48. The van der Waals surface area contributed by atoms with Gasteiger partial charge in [-0.3, -0.25) is 9.36 Å². The zero-order valence-electron chi connectivity index (χ0n) is 15.7. The molecule has 0 bridgehead atoms. The monoisotopic (exact) mass is 390 g/mol. The van der Waals surface area contributed by atoms with Crippen LogP contribution in [0.15, 0.2) is 70.5 Å². The van der Waals surface area contributed by atoms with E-state index in [1.807, 2.05) is 30.3 Å². The molecule has 4 aromatic rings. The number of rotatable bonds is 5. The molecule has 0 N–H and O–H groups in total. The van der Waals surface area contributed by atoms with Gasteiger partial charge >= 0.3 is 5.69 Å². The van der Waals surface area contributed by atoms with E-state index in [0.717, 1.165) is 18.4 Å². The van der Waals surface area contributed by atoms with Gasteiger partial charge in [-0.1, -0.05) is 30.3 Å². The molecule has 0 atom stereocenters. The molecule has 0 saturated heterocycles. The van der Waals surface area contributed by atoms with Crippen molar-refractivity contribution in [3.05, 3.63) is 93.1 Å². The SMILES string of the molecule is O=c1c2c(ncn2Cc2ccc(F)cc2)n(-c2ccccc2)c(=O)n1CC1CC1. The van der Waals surface area contributed by atoms with Crippen LogP contribution in [0.1, 0.15) is 18.4 Å². The fourth-order valence-electron chi connectivity index (χ4n) is 3.62. The van der Waals surface area contributed by atoms with Crippen LogP contribution in [0.5, 0.6) is 0 Å². The number of hydrogen-bond acceptors (Lipinski definition) is 3. The number of hydrogen-bond donors (Lipinski definition) is 0. The second-order valence-corrected chi connectivity index (χ2v) is 7.48. The van der Waals surface area contributed by atoms with Crippen LogP contribution < -0.4 is 11.2 Å². The number of nitrogens with zero attached hydrogens (tertiary/aromatic N) is 4. The Bertz CT molecular complexity index is 1300. The van der Waals surface area contributed by atoms with E-state index in [0.29, 0.717) is 35.9 Å². The predicted molar refractivity (Wildman–Crippen MR) is 108 cm³/mol. The minimum atomic E-state index is -0.368. The van der Waals surface area contributed by atoms with Gasteiger partial charge in [0.2, 0.25) is 0 Å². The normalized spacial score (nSPS) is 13.8. The van der Waals surface area contributed by atoms with Gasteiger partial charge in [-0.2, -0.15) is 0 Å². The van der Waals surface area contributed by atoms with Crippen LogP contribution in [0.3, 0.4) is 0 Å². The van der Waals surface area contributed by atoms with Crippen molar-refractivity contribution in [3.63, 3.8) is 0 Å². The second-order valence-electron chi connectivity index (χ2n) is 7.48. The molecule has 1 aliphatic rings. The Labute approximate surface area is 165 Å². The fraction of sp³-hybridized carbons (Fsp3) is 0.227. The van der Waals surface area contributed by atoms with Crippen molar-refractivity contribution >= 4 is 11.2 Å². The molecule has 0 radical (unpaired) electrons. The van der Waals surface area contributed by atoms with Crippen molar-refractivity contribution in [2.75, 3.05) is 0 Å². The summed E-state index contributed by atoms with van der Waals surface area (Å²) in [7, 11) is 0. The zero-order valence-corrected chi connectivity index (χ0v) is 15.7. The van der Waals surface area contributed by atoms with E-state index in [4.69, 9.17) is 0 Å². The quantitative estimate of drug-likeness (QED) is 0.526. The summed E-state index contributed by atoms with van der Waals surface area (Å²) in [6.45, 7) is 0.782. The lowest BCUT2D eigenvalue weighted by atomic mass is 10.2. The standard InChI is InChI=1S/C22H19FN4O2/c23-17-10-8-15(9-11-17)12-25-14-24-20-19(25)21(28)26(13-16-6-7-16)22(29)27(20)18-4-2-1-3-5-18/h1-5,8-11,14,16H,6-7,12-13H2. The van der Waals surface area contributed by atoms with Crippen LogP contribution in [-0.4, -0.2) is 18.7 Å². The average molecular weight is 390 g/mol. The summed E-state index contributed by atoms with van der Waals surface area (Å²) in [6, 6.07) is 15.4. The summed E-state index contributed by atoms with van der Waals surface area (Å²) in [5, 5.41) is 0. The molecule has 6 nitrogen and oxygen atoms in total. The van der Waals surface area contributed by atoms with Crippen LogP contribution in [0.25, 0.3) is 16.9 Å². The largest absolute Gasteiger partial charge is 0.337 e. The molecule has 146 valence electrons. The van der Waals surface area contributed by atoms with Gasteiger partial charge in [0.05, 0.1) is 12.0 Å². The summed E-state index contributed by atoms with van der Waals surface area (Å²) >= 11 is 0. The van der Waals surface area contributed by atoms with Crippen LogP contribution in [-0.2, 0) is 13.1 Å². The van der Waals surface area contributed by atoms with Gasteiger partial charge in [-0.25, -0.2) is 18.7 Å². The molecular weight excluding hydrogens is 371 g/mol.